The van der Waals surface area contributed by atoms with Gasteiger partial charge < -0.3 is 10.5 Å². The van der Waals surface area contributed by atoms with Crippen molar-refractivity contribution in [3.8, 4) is 5.75 Å². The highest BCUT2D eigenvalue weighted by atomic mass is 32.2. The van der Waals surface area contributed by atoms with Crippen LogP contribution in [0, 0.1) is 6.92 Å². The fourth-order valence-electron chi connectivity index (χ4n) is 1.32. The molecule has 0 aliphatic heterocycles. The second-order valence-corrected chi connectivity index (χ2v) is 4.50. The van der Waals surface area contributed by atoms with Crippen molar-refractivity contribution in [2.45, 2.75) is 17.0 Å². The summed E-state index contributed by atoms with van der Waals surface area (Å²) in [7, 11) is 1.62. The Hall–Kier alpha value is -1.75. The third-order valence-electron chi connectivity index (χ3n) is 2.19. The van der Waals surface area contributed by atoms with Gasteiger partial charge in [0.25, 0.3) is 0 Å². The van der Waals surface area contributed by atoms with E-state index in [1.165, 1.54) is 11.8 Å². The lowest BCUT2D eigenvalue weighted by atomic mass is 10.3. The third-order valence-corrected chi connectivity index (χ3v) is 3.16. The van der Waals surface area contributed by atoms with Crippen LogP contribution in [-0.2, 0) is 0 Å². The van der Waals surface area contributed by atoms with E-state index in [0.29, 0.717) is 10.8 Å². The minimum absolute atomic E-state index is 0.666. The summed E-state index contributed by atoms with van der Waals surface area (Å²) in [6, 6.07) is 7.43. The predicted molar refractivity (Wildman–Crippen MR) is 68.3 cm³/mol. The van der Waals surface area contributed by atoms with Gasteiger partial charge in [-0.15, -0.1) is 0 Å². The van der Waals surface area contributed by atoms with Gasteiger partial charge in [-0.3, -0.25) is 0 Å². The number of hydrogen-bond acceptors (Lipinski definition) is 5. The molecule has 0 amide bonds. The van der Waals surface area contributed by atoms with Crippen LogP contribution in [0.4, 0.5) is 5.69 Å². The summed E-state index contributed by atoms with van der Waals surface area (Å²) in [5.41, 5.74) is 7.53. The number of aromatic nitrogens is 2. The number of aryl methyl sites for hydroxylation is 1. The summed E-state index contributed by atoms with van der Waals surface area (Å²) in [5, 5.41) is 0.696. The van der Waals surface area contributed by atoms with E-state index in [0.717, 1.165) is 16.3 Å². The maximum atomic E-state index is 5.93. The maximum absolute atomic E-state index is 5.93. The summed E-state index contributed by atoms with van der Waals surface area (Å²) in [4.78, 5) is 9.43. The first kappa shape index (κ1) is 11.7. The Kier molecular flexibility index (Phi) is 3.49. The Morgan fingerprint density at radius 3 is 2.76 bits per heavy atom. The van der Waals surface area contributed by atoms with Crippen molar-refractivity contribution in [1.82, 2.24) is 9.97 Å². The number of anilines is 1. The first-order valence-electron chi connectivity index (χ1n) is 5.10. The lowest BCUT2D eigenvalue weighted by molar-refractivity contribution is 0.415. The summed E-state index contributed by atoms with van der Waals surface area (Å²) >= 11 is 1.44. The average molecular weight is 247 g/mol. The summed E-state index contributed by atoms with van der Waals surface area (Å²) < 4.78 is 5.10. The van der Waals surface area contributed by atoms with Crippen LogP contribution in [0.15, 0.2) is 40.5 Å². The number of hydrogen-bond donors (Lipinski definition) is 1. The number of rotatable bonds is 3. The van der Waals surface area contributed by atoms with Crippen LogP contribution < -0.4 is 10.5 Å². The van der Waals surface area contributed by atoms with Crippen molar-refractivity contribution < 1.29 is 4.74 Å². The third kappa shape index (κ3) is 2.88. The van der Waals surface area contributed by atoms with Gasteiger partial charge in [0.1, 0.15) is 5.75 Å². The van der Waals surface area contributed by atoms with E-state index in [1.807, 2.05) is 25.1 Å². The number of methoxy groups -OCH3 is 1. The van der Waals surface area contributed by atoms with Gasteiger partial charge in [0.05, 0.1) is 7.11 Å². The van der Waals surface area contributed by atoms with E-state index in [1.54, 1.807) is 19.4 Å². The van der Waals surface area contributed by atoms with Crippen LogP contribution in [0.25, 0.3) is 0 Å². The van der Waals surface area contributed by atoms with Crippen LogP contribution in [-0.4, -0.2) is 17.1 Å². The van der Waals surface area contributed by atoms with Gasteiger partial charge >= 0.3 is 0 Å². The Morgan fingerprint density at radius 2 is 2.12 bits per heavy atom. The summed E-state index contributed by atoms with van der Waals surface area (Å²) in [6.07, 6.45) is 1.74. The van der Waals surface area contributed by atoms with Crippen LogP contribution in [0.5, 0.6) is 5.75 Å². The molecule has 0 saturated carbocycles. The molecule has 2 rings (SSSR count). The van der Waals surface area contributed by atoms with Gasteiger partial charge in [-0.1, -0.05) is 0 Å². The molecule has 88 valence electrons. The standard InChI is InChI=1S/C12H13N3OS/c1-8-5-6-14-12(15-8)17-11-4-3-9(16-2)7-10(11)13/h3-7H,13H2,1-2H3. The maximum Gasteiger partial charge on any atom is 0.192 e. The molecule has 2 aromatic rings. The average Bonchev–Trinajstić information content (AvgIpc) is 2.32. The van der Waals surface area contributed by atoms with E-state index in [9.17, 15) is 0 Å². The van der Waals surface area contributed by atoms with Crippen molar-refractivity contribution in [2.75, 3.05) is 12.8 Å². The van der Waals surface area contributed by atoms with E-state index >= 15 is 0 Å². The first-order valence-corrected chi connectivity index (χ1v) is 5.91. The molecule has 0 fully saturated rings. The lowest BCUT2D eigenvalue weighted by Gasteiger charge is -2.06. The van der Waals surface area contributed by atoms with Crippen LogP contribution in [0.2, 0.25) is 0 Å². The fourth-order valence-corrected chi connectivity index (χ4v) is 2.13. The highest BCUT2D eigenvalue weighted by Gasteiger charge is 2.05. The minimum Gasteiger partial charge on any atom is -0.497 e. The molecule has 1 aromatic heterocycles. The number of nitrogens with zero attached hydrogens (tertiary/aromatic N) is 2. The molecule has 0 radical (unpaired) electrons. The van der Waals surface area contributed by atoms with Gasteiger partial charge in [-0.25, -0.2) is 9.97 Å². The second-order valence-electron chi connectivity index (χ2n) is 3.49. The van der Waals surface area contributed by atoms with Gasteiger partial charge in [-0.05, 0) is 36.9 Å². The Labute approximate surface area is 104 Å². The Balaban J connectivity index is 2.24. The minimum atomic E-state index is 0.666. The zero-order chi connectivity index (χ0) is 12.3. The molecule has 4 nitrogen and oxygen atoms in total. The molecule has 17 heavy (non-hydrogen) atoms. The Morgan fingerprint density at radius 1 is 1.29 bits per heavy atom. The molecule has 2 N–H and O–H groups in total. The molecule has 0 spiro atoms. The van der Waals surface area contributed by atoms with Gasteiger partial charge in [-0.2, -0.15) is 0 Å². The van der Waals surface area contributed by atoms with E-state index in [-0.39, 0.29) is 0 Å². The molecule has 5 heteroatoms. The monoisotopic (exact) mass is 247 g/mol. The molecule has 1 heterocycles. The van der Waals surface area contributed by atoms with Crippen molar-refractivity contribution >= 4 is 17.4 Å². The SMILES string of the molecule is COc1ccc(Sc2nccc(C)n2)c(N)c1. The number of nitrogen functional groups attached to an aromatic ring is 1. The smallest absolute Gasteiger partial charge is 0.192 e. The second kappa shape index (κ2) is 5.05. The van der Waals surface area contributed by atoms with Crippen molar-refractivity contribution in [1.29, 1.82) is 0 Å². The molecule has 0 atom stereocenters. The van der Waals surface area contributed by atoms with E-state index in [2.05, 4.69) is 9.97 Å². The molecule has 0 aliphatic rings. The largest absolute Gasteiger partial charge is 0.497 e. The Bertz CT molecular complexity index is 531. The van der Waals surface area contributed by atoms with Crippen LogP contribution in [0.3, 0.4) is 0 Å². The van der Waals surface area contributed by atoms with Gasteiger partial charge in [0.15, 0.2) is 5.16 Å². The number of nitrogens with two attached hydrogens (primary N) is 1. The zero-order valence-electron chi connectivity index (χ0n) is 9.68. The van der Waals surface area contributed by atoms with Crippen molar-refractivity contribution in [3.05, 3.63) is 36.2 Å². The molecule has 0 bridgehead atoms. The fraction of sp³-hybridized carbons (Fsp3) is 0.167. The normalized spacial score (nSPS) is 10.2. The highest BCUT2D eigenvalue weighted by Crippen LogP contribution is 2.32. The van der Waals surface area contributed by atoms with Crippen molar-refractivity contribution in [2.24, 2.45) is 0 Å². The van der Waals surface area contributed by atoms with E-state index < -0.39 is 0 Å². The summed E-state index contributed by atoms with van der Waals surface area (Å²) in [6.45, 7) is 1.93. The number of benzene rings is 1. The quantitative estimate of drug-likeness (QED) is 0.667. The highest BCUT2D eigenvalue weighted by molar-refractivity contribution is 7.99. The van der Waals surface area contributed by atoms with Crippen LogP contribution in [0.1, 0.15) is 5.69 Å². The predicted octanol–water partition coefficient (Wildman–Crippen LogP) is 2.53. The topological polar surface area (TPSA) is 61.0 Å². The lowest BCUT2D eigenvalue weighted by Crippen LogP contribution is -1.93. The van der Waals surface area contributed by atoms with E-state index in [4.69, 9.17) is 10.5 Å². The van der Waals surface area contributed by atoms with Crippen molar-refractivity contribution in [3.63, 3.8) is 0 Å². The zero-order valence-corrected chi connectivity index (χ0v) is 10.5. The van der Waals surface area contributed by atoms with Gasteiger partial charge in [0, 0.05) is 28.5 Å². The molecular weight excluding hydrogens is 234 g/mol. The molecule has 0 unspecified atom stereocenters. The molecular formula is C12H13N3OS. The molecule has 0 aliphatic carbocycles. The number of ether oxygens (including phenoxy) is 1. The molecule has 1 aromatic carbocycles. The van der Waals surface area contributed by atoms with Gasteiger partial charge in [0.2, 0.25) is 0 Å². The molecule has 0 saturated heterocycles. The first-order chi connectivity index (χ1) is 8.19. The summed E-state index contributed by atoms with van der Waals surface area (Å²) in [5.74, 6) is 0.747. The van der Waals surface area contributed by atoms with Crippen LogP contribution >= 0.6 is 11.8 Å².